The number of anilines is 1. The van der Waals surface area contributed by atoms with E-state index in [1.165, 1.54) is 0 Å². The number of nitrogens with one attached hydrogen (secondary N) is 1. The molecule has 0 aliphatic carbocycles. The molecule has 1 aromatic carbocycles. The smallest absolute Gasteiger partial charge is 0.155 e. The van der Waals surface area contributed by atoms with Crippen molar-refractivity contribution in [3.8, 4) is 22.5 Å². The van der Waals surface area contributed by atoms with Gasteiger partial charge < -0.3 is 15.3 Å². The van der Waals surface area contributed by atoms with E-state index in [4.69, 9.17) is 20.2 Å². The number of aliphatic hydroxyl groups excluding tert-OH is 1. The number of rotatable bonds is 3. The third-order valence-corrected chi connectivity index (χ3v) is 3.71. The molecule has 0 saturated carbocycles. The van der Waals surface area contributed by atoms with E-state index in [1.54, 1.807) is 24.7 Å². The number of fused-ring (bicyclic) bond motifs is 1. The number of carbonyl (C=O) groups is 1. The van der Waals surface area contributed by atoms with Gasteiger partial charge in [-0.25, -0.2) is 4.98 Å². The van der Waals surface area contributed by atoms with Gasteiger partial charge in [0, 0.05) is 23.8 Å². The first-order valence-corrected chi connectivity index (χ1v) is 7.44. The Morgan fingerprint density at radius 1 is 1.16 bits per heavy atom. The maximum absolute atomic E-state index is 10.8. The van der Waals surface area contributed by atoms with Crippen molar-refractivity contribution < 1.29 is 14.3 Å². The third-order valence-electron chi connectivity index (χ3n) is 3.71. The van der Waals surface area contributed by atoms with Crippen LogP contribution >= 0.6 is 0 Å². The van der Waals surface area contributed by atoms with Crippen molar-refractivity contribution in [3.05, 3.63) is 54.5 Å². The molecule has 0 bridgehead atoms. The Bertz CT molecular complexity index is 989. The van der Waals surface area contributed by atoms with Crippen LogP contribution in [0.4, 0.5) is 5.82 Å². The van der Waals surface area contributed by atoms with Crippen LogP contribution in [0.3, 0.4) is 0 Å². The molecule has 0 saturated heterocycles. The van der Waals surface area contributed by atoms with Gasteiger partial charge in [-0.2, -0.15) is 5.10 Å². The highest BCUT2D eigenvalue weighted by Gasteiger charge is 2.15. The predicted molar refractivity (Wildman–Crippen MR) is 95.0 cm³/mol. The number of aromatic nitrogens is 3. The zero-order valence-corrected chi connectivity index (χ0v) is 13.4. The second-order valence-electron chi connectivity index (χ2n) is 5.14. The number of carbonyl (C=O) groups excluding carboxylic acids is 1. The van der Waals surface area contributed by atoms with Gasteiger partial charge in [0.05, 0.1) is 34.8 Å². The summed E-state index contributed by atoms with van der Waals surface area (Å²) < 4.78 is 5.16. The molecule has 7 nitrogen and oxygen atoms in total. The SMILES string of the molecule is CO.Nc1n[nH]c2cc(-c3ccc(C=O)cc3)nc(-c3ccoc3)c12. The fraction of sp³-hybridized carbons (Fsp3) is 0.0556. The van der Waals surface area contributed by atoms with Crippen molar-refractivity contribution in [1.82, 2.24) is 15.2 Å². The zero-order valence-electron chi connectivity index (χ0n) is 13.4. The van der Waals surface area contributed by atoms with E-state index >= 15 is 0 Å². The normalized spacial score (nSPS) is 10.3. The van der Waals surface area contributed by atoms with Gasteiger partial charge in [0.2, 0.25) is 0 Å². The van der Waals surface area contributed by atoms with Gasteiger partial charge in [-0.1, -0.05) is 24.3 Å². The Hall–Kier alpha value is -3.45. The Balaban J connectivity index is 0.000000880. The Morgan fingerprint density at radius 3 is 2.56 bits per heavy atom. The van der Waals surface area contributed by atoms with Crippen molar-refractivity contribution in [3.63, 3.8) is 0 Å². The van der Waals surface area contributed by atoms with E-state index < -0.39 is 0 Å². The van der Waals surface area contributed by atoms with Crippen molar-refractivity contribution in [2.75, 3.05) is 12.8 Å². The van der Waals surface area contributed by atoms with Gasteiger partial charge in [-0.05, 0) is 12.1 Å². The summed E-state index contributed by atoms with van der Waals surface area (Å²) >= 11 is 0. The minimum Gasteiger partial charge on any atom is -0.472 e. The van der Waals surface area contributed by atoms with Gasteiger partial charge in [-0.15, -0.1) is 0 Å². The monoisotopic (exact) mass is 336 g/mol. The van der Waals surface area contributed by atoms with Crippen LogP contribution in [-0.4, -0.2) is 33.7 Å². The predicted octanol–water partition coefficient (Wildman–Crippen LogP) is 2.89. The molecule has 0 spiro atoms. The number of furan rings is 1. The molecule has 0 atom stereocenters. The van der Waals surface area contributed by atoms with E-state index in [9.17, 15) is 4.79 Å². The quantitative estimate of drug-likeness (QED) is 0.495. The summed E-state index contributed by atoms with van der Waals surface area (Å²) in [5.41, 5.74) is 10.6. The lowest BCUT2D eigenvalue weighted by atomic mass is 10.1. The highest BCUT2D eigenvalue weighted by atomic mass is 16.3. The number of aromatic amines is 1. The zero-order chi connectivity index (χ0) is 17.8. The summed E-state index contributed by atoms with van der Waals surface area (Å²) in [5, 5.41) is 14.7. The molecule has 126 valence electrons. The number of pyridine rings is 1. The van der Waals surface area contributed by atoms with Gasteiger partial charge in [0.25, 0.3) is 0 Å². The van der Waals surface area contributed by atoms with Crippen LogP contribution in [0.5, 0.6) is 0 Å². The summed E-state index contributed by atoms with van der Waals surface area (Å²) in [5.74, 6) is 0.395. The molecular weight excluding hydrogens is 320 g/mol. The van der Waals surface area contributed by atoms with Crippen molar-refractivity contribution >= 4 is 23.0 Å². The summed E-state index contributed by atoms with van der Waals surface area (Å²) in [6.07, 6.45) is 4.02. The minimum absolute atomic E-state index is 0.395. The first-order chi connectivity index (χ1) is 12.3. The van der Waals surface area contributed by atoms with Crippen molar-refractivity contribution in [1.29, 1.82) is 0 Å². The third kappa shape index (κ3) is 3.00. The van der Waals surface area contributed by atoms with Gasteiger partial charge in [0.15, 0.2) is 5.82 Å². The first kappa shape index (κ1) is 16.4. The molecule has 0 amide bonds. The van der Waals surface area contributed by atoms with Gasteiger partial charge in [0.1, 0.15) is 6.29 Å². The largest absolute Gasteiger partial charge is 0.472 e. The molecule has 3 aromatic heterocycles. The number of benzene rings is 1. The summed E-state index contributed by atoms with van der Waals surface area (Å²) in [7, 11) is 1.00. The van der Waals surface area contributed by atoms with Crippen LogP contribution in [0.15, 0.2) is 53.3 Å². The van der Waals surface area contributed by atoms with Gasteiger partial charge in [-0.3, -0.25) is 9.89 Å². The first-order valence-electron chi connectivity index (χ1n) is 7.44. The molecule has 4 N–H and O–H groups in total. The number of aliphatic hydroxyl groups is 1. The van der Waals surface area contributed by atoms with Crippen LogP contribution < -0.4 is 5.73 Å². The molecule has 0 fully saturated rings. The van der Waals surface area contributed by atoms with Crippen LogP contribution in [0.1, 0.15) is 10.4 Å². The van der Waals surface area contributed by atoms with Crippen LogP contribution in [0, 0.1) is 0 Å². The molecule has 0 aliphatic heterocycles. The number of aldehydes is 1. The van der Waals surface area contributed by atoms with E-state index in [0.29, 0.717) is 17.1 Å². The molecule has 0 aliphatic rings. The average Bonchev–Trinajstić information content (AvgIpc) is 3.33. The van der Waals surface area contributed by atoms with E-state index in [-0.39, 0.29) is 0 Å². The number of nitrogens with zero attached hydrogens (tertiary/aromatic N) is 2. The highest BCUT2D eigenvalue weighted by molar-refractivity contribution is 6.01. The maximum Gasteiger partial charge on any atom is 0.155 e. The van der Waals surface area contributed by atoms with Crippen molar-refractivity contribution in [2.45, 2.75) is 0 Å². The lowest BCUT2D eigenvalue weighted by Crippen LogP contribution is -1.92. The summed E-state index contributed by atoms with van der Waals surface area (Å²) in [6, 6.07) is 10.9. The number of hydrogen-bond acceptors (Lipinski definition) is 6. The fourth-order valence-electron chi connectivity index (χ4n) is 2.56. The number of H-pyrrole nitrogens is 1. The fourth-order valence-corrected chi connectivity index (χ4v) is 2.56. The highest BCUT2D eigenvalue weighted by Crippen LogP contribution is 2.33. The maximum atomic E-state index is 10.8. The molecule has 0 unspecified atom stereocenters. The molecule has 7 heteroatoms. The van der Waals surface area contributed by atoms with E-state index in [1.807, 2.05) is 24.3 Å². The molecule has 3 heterocycles. The second kappa shape index (κ2) is 6.98. The lowest BCUT2D eigenvalue weighted by molar-refractivity contribution is 0.112. The number of nitrogens with two attached hydrogens (primary N) is 1. The Morgan fingerprint density at radius 2 is 1.92 bits per heavy atom. The lowest BCUT2D eigenvalue weighted by Gasteiger charge is -2.06. The molecule has 25 heavy (non-hydrogen) atoms. The number of hydrogen-bond donors (Lipinski definition) is 3. The van der Waals surface area contributed by atoms with E-state index in [2.05, 4.69) is 10.2 Å². The topological polar surface area (TPSA) is 118 Å². The Labute approximate surface area is 143 Å². The Kier molecular flexibility index (Phi) is 4.58. The molecule has 4 rings (SSSR count). The van der Waals surface area contributed by atoms with Gasteiger partial charge >= 0.3 is 0 Å². The summed E-state index contributed by atoms with van der Waals surface area (Å²) in [4.78, 5) is 15.5. The molecular formula is C18H16N4O3. The van der Waals surface area contributed by atoms with Crippen molar-refractivity contribution in [2.24, 2.45) is 0 Å². The molecule has 4 aromatic rings. The summed E-state index contributed by atoms with van der Waals surface area (Å²) in [6.45, 7) is 0. The van der Waals surface area contributed by atoms with Crippen LogP contribution in [0.25, 0.3) is 33.4 Å². The van der Waals surface area contributed by atoms with E-state index in [0.717, 1.165) is 41.1 Å². The number of nitrogen functional groups attached to an aromatic ring is 1. The van der Waals surface area contributed by atoms with Crippen LogP contribution in [-0.2, 0) is 0 Å². The average molecular weight is 336 g/mol. The standard InChI is InChI=1S/C17H12N4O2.CH4O/c18-17-15-14(20-21-17)7-13(11-3-1-10(8-22)2-4-11)19-16(15)12-5-6-23-9-12;1-2/h1-9H,(H3,18,20,21);2H,1H3. The second-order valence-corrected chi connectivity index (χ2v) is 5.14. The minimum atomic E-state index is 0.395. The van der Waals surface area contributed by atoms with Crippen LogP contribution in [0.2, 0.25) is 0 Å². The molecule has 0 radical (unpaired) electrons.